The maximum Gasteiger partial charge on any atom is 0.251 e. The number of furan rings is 1. The predicted octanol–water partition coefficient (Wildman–Crippen LogP) is 1.94. The van der Waals surface area contributed by atoms with Gasteiger partial charge >= 0.3 is 0 Å². The molecule has 2 aliphatic heterocycles. The zero-order valence-electron chi connectivity index (χ0n) is 24.4. The van der Waals surface area contributed by atoms with Gasteiger partial charge in [-0.3, -0.25) is 14.6 Å². The molecule has 2 saturated heterocycles. The first-order valence-electron chi connectivity index (χ1n) is 14.9. The summed E-state index contributed by atoms with van der Waals surface area (Å²) in [4.78, 5) is 28.4. The molecular weight excluding hydrogens is 567 g/mol. The normalized spacial score (nSPS) is 16.7. The number of nitrogen functional groups attached to an aromatic ring is 1. The number of benzene rings is 1. The fraction of sp³-hybridized carbons (Fsp3) is 0.400. The maximum absolute atomic E-state index is 15.1. The van der Waals surface area contributed by atoms with Crippen molar-refractivity contribution < 1.29 is 18.3 Å². The van der Waals surface area contributed by atoms with Gasteiger partial charge in [0.2, 0.25) is 5.95 Å². The lowest BCUT2D eigenvalue weighted by molar-refractivity contribution is 0.0383. The van der Waals surface area contributed by atoms with Crippen LogP contribution in [-0.2, 0) is 11.3 Å². The van der Waals surface area contributed by atoms with Gasteiger partial charge in [-0.25, -0.2) is 9.37 Å². The molecular formula is C30H35FN10O3. The molecule has 230 valence electrons. The Hall–Kier alpha value is -4.53. The van der Waals surface area contributed by atoms with Crippen LogP contribution in [0.3, 0.4) is 0 Å². The SMILES string of the molecule is Nc1nc2c(ncn2CCN2CCN(c3ccc(C(=O)NCCN4CCOCC4)cc3F)CC2)c2cc(-c3ccco3)nn12. The van der Waals surface area contributed by atoms with Gasteiger partial charge in [-0.1, -0.05) is 0 Å². The molecule has 0 spiro atoms. The molecule has 6 heterocycles. The van der Waals surface area contributed by atoms with Gasteiger partial charge < -0.3 is 29.7 Å². The number of nitrogens with zero attached hydrogens (tertiary/aromatic N) is 8. The van der Waals surface area contributed by atoms with Crippen molar-refractivity contribution in [2.75, 3.05) is 82.8 Å². The summed E-state index contributed by atoms with van der Waals surface area (Å²) in [7, 11) is 0. The topological polar surface area (TPSA) is 135 Å². The Labute approximate surface area is 253 Å². The van der Waals surface area contributed by atoms with E-state index in [0.29, 0.717) is 67.7 Å². The molecule has 7 rings (SSSR count). The van der Waals surface area contributed by atoms with E-state index in [-0.39, 0.29) is 17.7 Å². The van der Waals surface area contributed by atoms with Gasteiger partial charge in [-0.2, -0.15) is 14.6 Å². The third-order valence-corrected chi connectivity index (χ3v) is 8.37. The summed E-state index contributed by atoms with van der Waals surface area (Å²) in [6.45, 7) is 8.84. The van der Waals surface area contributed by atoms with Gasteiger partial charge in [0.25, 0.3) is 5.91 Å². The van der Waals surface area contributed by atoms with Crippen LogP contribution in [0.15, 0.2) is 53.4 Å². The minimum atomic E-state index is -0.380. The van der Waals surface area contributed by atoms with E-state index in [4.69, 9.17) is 14.9 Å². The quantitative estimate of drug-likeness (QED) is 0.258. The Morgan fingerprint density at radius 1 is 1.00 bits per heavy atom. The Morgan fingerprint density at radius 2 is 1.82 bits per heavy atom. The summed E-state index contributed by atoms with van der Waals surface area (Å²) >= 11 is 0. The Kier molecular flexibility index (Phi) is 7.85. The first kappa shape index (κ1) is 28.3. The molecule has 2 fully saturated rings. The van der Waals surface area contributed by atoms with Crippen molar-refractivity contribution in [2.24, 2.45) is 0 Å². The number of piperazine rings is 1. The highest BCUT2D eigenvalue weighted by molar-refractivity contribution is 5.94. The van der Waals surface area contributed by atoms with Crippen LogP contribution in [0.4, 0.5) is 16.0 Å². The molecule has 0 radical (unpaired) electrons. The van der Waals surface area contributed by atoms with Crippen molar-refractivity contribution in [3.05, 3.63) is 60.4 Å². The number of fused-ring (bicyclic) bond motifs is 3. The second-order valence-electron chi connectivity index (χ2n) is 11.1. The zero-order valence-corrected chi connectivity index (χ0v) is 24.4. The lowest BCUT2D eigenvalue weighted by Crippen LogP contribution is -2.47. The van der Waals surface area contributed by atoms with E-state index >= 15 is 4.39 Å². The number of halogens is 1. The van der Waals surface area contributed by atoms with Crippen LogP contribution in [0.1, 0.15) is 10.4 Å². The molecule has 5 aromatic rings. The van der Waals surface area contributed by atoms with Crippen molar-refractivity contribution >= 4 is 34.2 Å². The van der Waals surface area contributed by atoms with Crippen molar-refractivity contribution in [1.82, 2.24) is 39.3 Å². The van der Waals surface area contributed by atoms with E-state index in [1.54, 1.807) is 29.2 Å². The number of carbonyl (C=O) groups excluding carboxylic acids is 1. The standard InChI is InChI=1S/C30H35FN10O3/c31-22-18-21(29(42)33-5-6-37-13-16-43-17-14-37)3-4-24(22)39-10-7-38(8-11-39)9-12-40-20-34-27-25-19-23(26-2-1-15-44-26)36-41(25)30(32)35-28(27)40/h1-4,15,18-20H,5-14,16-17H2,(H2,32,35)(H,33,42). The average Bonchev–Trinajstić information content (AvgIpc) is 3.81. The molecule has 0 unspecified atom stereocenters. The number of hydrogen-bond acceptors (Lipinski definition) is 10. The third-order valence-electron chi connectivity index (χ3n) is 8.37. The fourth-order valence-electron chi connectivity index (χ4n) is 5.88. The molecule has 13 nitrogen and oxygen atoms in total. The number of hydrogen-bond donors (Lipinski definition) is 2. The Bertz CT molecular complexity index is 1750. The predicted molar refractivity (Wildman–Crippen MR) is 163 cm³/mol. The van der Waals surface area contributed by atoms with Crippen LogP contribution >= 0.6 is 0 Å². The Morgan fingerprint density at radius 3 is 2.59 bits per heavy atom. The molecule has 44 heavy (non-hydrogen) atoms. The fourth-order valence-corrected chi connectivity index (χ4v) is 5.88. The molecule has 2 aliphatic rings. The van der Waals surface area contributed by atoms with E-state index in [1.807, 2.05) is 27.7 Å². The lowest BCUT2D eigenvalue weighted by Gasteiger charge is -2.36. The van der Waals surface area contributed by atoms with Gasteiger partial charge in [0.05, 0.1) is 31.5 Å². The maximum atomic E-state index is 15.1. The van der Waals surface area contributed by atoms with Crippen LogP contribution in [0.25, 0.3) is 28.1 Å². The number of imidazole rings is 1. The van der Waals surface area contributed by atoms with Crippen LogP contribution in [0.5, 0.6) is 0 Å². The number of morpholine rings is 1. The highest BCUT2D eigenvalue weighted by Gasteiger charge is 2.22. The summed E-state index contributed by atoms with van der Waals surface area (Å²) in [6.07, 6.45) is 3.39. The molecule has 0 atom stereocenters. The van der Waals surface area contributed by atoms with Crippen molar-refractivity contribution in [2.45, 2.75) is 6.54 Å². The van der Waals surface area contributed by atoms with Crippen LogP contribution in [-0.4, -0.2) is 112 Å². The minimum absolute atomic E-state index is 0.260. The number of anilines is 2. The van der Waals surface area contributed by atoms with Crippen LogP contribution in [0.2, 0.25) is 0 Å². The molecule has 0 saturated carbocycles. The van der Waals surface area contributed by atoms with Gasteiger partial charge in [0.1, 0.15) is 22.5 Å². The second-order valence-corrected chi connectivity index (χ2v) is 11.1. The molecule has 0 bridgehead atoms. The first-order chi connectivity index (χ1) is 21.5. The van der Waals surface area contributed by atoms with Gasteiger partial charge in [0, 0.05) is 71.0 Å². The highest BCUT2D eigenvalue weighted by Crippen LogP contribution is 2.26. The zero-order chi connectivity index (χ0) is 30.0. The average molecular weight is 603 g/mol. The summed E-state index contributed by atoms with van der Waals surface area (Å²) < 4.78 is 29.5. The lowest BCUT2D eigenvalue weighted by atomic mass is 10.1. The number of nitrogens with one attached hydrogen (secondary N) is 1. The molecule has 14 heteroatoms. The number of ether oxygens (including phenoxy) is 1. The first-order valence-corrected chi connectivity index (χ1v) is 14.9. The van der Waals surface area contributed by atoms with Gasteiger partial charge in [-0.15, -0.1) is 0 Å². The molecule has 1 amide bonds. The summed E-state index contributed by atoms with van der Waals surface area (Å²) in [5.41, 5.74) is 9.97. The van der Waals surface area contributed by atoms with E-state index in [1.165, 1.54) is 6.07 Å². The van der Waals surface area contributed by atoms with E-state index in [9.17, 15) is 4.79 Å². The molecule has 3 N–H and O–H groups in total. The summed E-state index contributed by atoms with van der Waals surface area (Å²) in [5.74, 6) is 0.286. The number of carbonyl (C=O) groups is 1. The summed E-state index contributed by atoms with van der Waals surface area (Å²) in [6, 6.07) is 10.3. The largest absolute Gasteiger partial charge is 0.463 e. The van der Waals surface area contributed by atoms with Crippen molar-refractivity contribution in [1.29, 1.82) is 0 Å². The van der Waals surface area contributed by atoms with Crippen molar-refractivity contribution in [3.8, 4) is 11.5 Å². The molecule has 0 aliphatic carbocycles. The van der Waals surface area contributed by atoms with Crippen molar-refractivity contribution in [3.63, 3.8) is 0 Å². The smallest absolute Gasteiger partial charge is 0.251 e. The van der Waals surface area contributed by atoms with E-state index in [0.717, 1.165) is 50.3 Å². The minimum Gasteiger partial charge on any atom is -0.463 e. The summed E-state index contributed by atoms with van der Waals surface area (Å²) in [5, 5.41) is 7.43. The third kappa shape index (κ3) is 5.70. The monoisotopic (exact) mass is 602 g/mol. The number of aromatic nitrogens is 5. The highest BCUT2D eigenvalue weighted by atomic mass is 19.1. The van der Waals surface area contributed by atoms with E-state index in [2.05, 4.69) is 30.2 Å². The number of nitrogens with two attached hydrogens (primary N) is 1. The van der Waals surface area contributed by atoms with E-state index < -0.39 is 0 Å². The van der Waals surface area contributed by atoms with Gasteiger partial charge in [-0.05, 0) is 36.4 Å². The second kappa shape index (κ2) is 12.2. The van der Waals surface area contributed by atoms with Crippen LogP contribution < -0.4 is 16.0 Å². The molecule has 4 aromatic heterocycles. The number of amides is 1. The van der Waals surface area contributed by atoms with Gasteiger partial charge in [0.15, 0.2) is 11.4 Å². The Balaban J connectivity index is 0.933. The number of rotatable bonds is 9. The molecule has 1 aromatic carbocycles. The van der Waals surface area contributed by atoms with Crippen LogP contribution in [0, 0.1) is 5.82 Å².